The lowest BCUT2D eigenvalue weighted by Crippen LogP contribution is -2.37. The standard InChI is InChI=1S/C15H23N3O/c1-15(2,3)16-9-8-11-6-7-12-13(10-11)18(5)14(19)17(12)4/h6-7,10,16H,8-9H2,1-5H3. The van der Waals surface area contributed by atoms with Crippen LogP contribution in [0.3, 0.4) is 0 Å². The van der Waals surface area contributed by atoms with E-state index >= 15 is 0 Å². The number of rotatable bonds is 3. The van der Waals surface area contributed by atoms with Gasteiger partial charge in [0.05, 0.1) is 11.0 Å². The fraction of sp³-hybridized carbons (Fsp3) is 0.533. The van der Waals surface area contributed by atoms with Gasteiger partial charge in [-0.3, -0.25) is 9.13 Å². The number of nitrogens with one attached hydrogen (secondary N) is 1. The molecule has 19 heavy (non-hydrogen) atoms. The van der Waals surface area contributed by atoms with Gasteiger partial charge in [0.15, 0.2) is 0 Å². The van der Waals surface area contributed by atoms with Gasteiger partial charge in [0.25, 0.3) is 0 Å². The van der Waals surface area contributed by atoms with Crippen LogP contribution in [0.4, 0.5) is 0 Å². The number of hydrogen-bond acceptors (Lipinski definition) is 2. The van der Waals surface area contributed by atoms with Gasteiger partial charge in [-0.25, -0.2) is 4.79 Å². The molecule has 4 nitrogen and oxygen atoms in total. The lowest BCUT2D eigenvalue weighted by molar-refractivity contribution is 0.429. The molecule has 2 aromatic rings. The van der Waals surface area contributed by atoms with E-state index in [0.29, 0.717) is 0 Å². The van der Waals surface area contributed by atoms with Crippen molar-refractivity contribution in [2.45, 2.75) is 32.7 Å². The van der Waals surface area contributed by atoms with Crippen LogP contribution >= 0.6 is 0 Å². The molecular formula is C15H23N3O. The first kappa shape index (κ1) is 13.9. The third-order valence-electron chi connectivity index (χ3n) is 3.41. The topological polar surface area (TPSA) is 39.0 Å². The molecule has 0 saturated carbocycles. The Balaban J connectivity index is 2.23. The first-order valence-electron chi connectivity index (χ1n) is 6.69. The van der Waals surface area contributed by atoms with Gasteiger partial charge in [-0.15, -0.1) is 0 Å². The van der Waals surface area contributed by atoms with Crippen LogP contribution in [0.1, 0.15) is 26.3 Å². The van der Waals surface area contributed by atoms with E-state index in [1.807, 2.05) is 20.2 Å². The minimum absolute atomic E-state index is 0.0277. The van der Waals surface area contributed by atoms with Gasteiger partial charge < -0.3 is 5.32 Å². The first-order valence-corrected chi connectivity index (χ1v) is 6.69. The molecule has 0 radical (unpaired) electrons. The summed E-state index contributed by atoms with van der Waals surface area (Å²) >= 11 is 0. The van der Waals surface area contributed by atoms with Crippen molar-refractivity contribution in [2.24, 2.45) is 14.1 Å². The molecule has 0 bridgehead atoms. The van der Waals surface area contributed by atoms with E-state index in [4.69, 9.17) is 0 Å². The molecule has 0 amide bonds. The Kier molecular flexibility index (Phi) is 3.54. The van der Waals surface area contributed by atoms with Crippen LogP contribution in [0.5, 0.6) is 0 Å². The molecule has 1 aromatic carbocycles. The first-order chi connectivity index (χ1) is 8.79. The minimum atomic E-state index is 0.0277. The summed E-state index contributed by atoms with van der Waals surface area (Å²) in [6.07, 6.45) is 0.969. The maximum atomic E-state index is 11.9. The fourth-order valence-corrected chi connectivity index (χ4v) is 2.29. The molecule has 0 aliphatic rings. The molecule has 2 rings (SSSR count). The number of aromatic nitrogens is 2. The normalized spacial score (nSPS) is 12.3. The van der Waals surface area contributed by atoms with Gasteiger partial charge in [0.2, 0.25) is 0 Å². The second-order valence-corrected chi connectivity index (χ2v) is 6.15. The molecule has 1 N–H and O–H groups in total. The lowest BCUT2D eigenvalue weighted by atomic mass is 10.1. The number of nitrogens with zero attached hydrogens (tertiary/aromatic N) is 2. The van der Waals surface area contributed by atoms with E-state index in [9.17, 15) is 4.79 Å². The summed E-state index contributed by atoms with van der Waals surface area (Å²) in [6, 6.07) is 6.25. The van der Waals surface area contributed by atoms with Crippen LogP contribution in [0.2, 0.25) is 0 Å². The van der Waals surface area contributed by atoms with Gasteiger partial charge in [-0.05, 0) is 51.4 Å². The maximum absolute atomic E-state index is 11.9. The predicted octanol–water partition coefficient (Wildman–Crippen LogP) is 1.81. The Morgan fingerprint density at radius 3 is 2.37 bits per heavy atom. The van der Waals surface area contributed by atoms with Crippen LogP contribution < -0.4 is 11.0 Å². The van der Waals surface area contributed by atoms with Crippen molar-refractivity contribution < 1.29 is 0 Å². The lowest BCUT2D eigenvalue weighted by Gasteiger charge is -2.20. The zero-order chi connectivity index (χ0) is 14.2. The number of aryl methyl sites for hydroxylation is 2. The van der Waals surface area contributed by atoms with Gasteiger partial charge >= 0.3 is 5.69 Å². The van der Waals surface area contributed by atoms with Crippen LogP contribution in [0, 0.1) is 0 Å². The Bertz CT molecular complexity index is 644. The van der Waals surface area contributed by atoms with Gasteiger partial charge in [-0.1, -0.05) is 6.07 Å². The summed E-state index contributed by atoms with van der Waals surface area (Å²) in [7, 11) is 3.63. The van der Waals surface area contributed by atoms with Crippen LogP contribution in [0.15, 0.2) is 23.0 Å². The van der Waals surface area contributed by atoms with E-state index in [1.54, 1.807) is 9.13 Å². The molecule has 0 fully saturated rings. The highest BCUT2D eigenvalue weighted by molar-refractivity contribution is 5.76. The highest BCUT2D eigenvalue weighted by Gasteiger charge is 2.10. The predicted molar refractivity (Wildman–Crippen MR) is 79.6 cm³/mol. The largest absolute Gasteiger partial charge is 0.328 e. The van der Waals surface area contributed by atoms with E-state index < -0.39 is 0 Å². The quantitative estimate of drug-likeness (QED) is 0.915. The molecule has 0 unspecified atom stereocenters. The van der Waals surface area contributed by atoms with Crippen molar-refractivity contribution in [3.8, 4) is 0 Å². The summed E-state index contributed by atoms with van der Waals surface area (Å²) in [6.45, 7) is 7.43. The summed E-state index contributed by atoms with van der Waals surface area (Å²) in [5.74, 6) is 0. The van der Waals surface area contributed by atoms with E-state index in [1.165, 1.54) is 5.56 Å². The molecule has 1 heterocycles. The molecule has 0 spiro atoms. The SMILES string of the molecule is Cn1c(=O)n(C)c2cc(CCNC(C)(C)C)ccc21. The molecule has 0 aliphatic carbocycles. The zero-order valence-electron chi connectivity index (χ0n) is 12.4. The summed E-state index contributed by atoms with van der Waals surface area (Å²) in [4.78, 5) is 11.9. The molecule has 0 aliphatic heterocycles. The third-order valence-corrected chi connectivity index (χ3v) is 3.41. The van der Waals surface area contributed by atoms with E-state index in [0.717, 1.165) is 24.0 Å². The van der Waals surface area contributed by atoms with Crippen molar-refractivity contribution >= 4 is 11.0 Å². The average Bonchev–Trinajstić information content (AvgIpc) is 2.53. The van der Waals surface area contributed by atoms with Crippen molar-refractivity contribution in [1.29, 1.82) is 0 Å². The average molecular weight is 261 g/mol. The number of hydrogen-bond donors (Lipinski definition) is 1. The number of benzene rings is 1. The zero-order valence-corrected chi connectivity index (χ0v) is 12.4. The molecule has 0 atom stereocenters. The van der Waals surface area contributed by atoms with E-state index in [2.05, 4.69) is 38.2 Å². The third kappa shape index (κ3) is 2.89. The van der Waals surface area contributed by atoms with Crippen LogP contribution in [-0.4, -0.2) is 21.2 Å². The Labute approximate surface area is 114 Å². The van der Waals surface area contributed by atoms with Gasteiger partial charge in [-0.2, -0.15) is 0 Å². The second kappa shape index (κ2) is 4.85. The summed E-state index contributed by atoms with van der Waals surface area (Å²) < 4.78 is 3.39. The highest BCUT2D eigenvalue weighted by atomic mass is 16.1. The molecular weight excluding hydrogens is 238 g/mol. The monoisotopic (exact) mass is 261 g/mol. The minimum Gasteiger partial charge on any atom is -0.312 e. The molecule has 104 valence electrons. The second-order valence-electron chi connectivity index (χ2n) is 6.15. The Hall–Kier alpha value is -1.55. The fourth-order valence-electron chi connectivity index (χ4n) is 2.29. The van der Waals surface area contributed by atoms with Crippen LogP contribution in [-0.2, 0) is 20.5 Å². The Morgan fingerprint density at radius 2 is 1.74 bits per heavy atom. The number of imidazole rings is 1. The summed E-state index contributed by atoms with van der Waals surface area (Å²) in [5, 5.41) is 3.48. The smallest absolute Gasteiger partial charge is 0.312 e. The highest BCUT2D eigenvalue weighted by Crippen LogP contribution is 2.14. The Morgan fingerprint density at radius 1 is 1.11 bits per heavy atom. The molecule has 4 heteroatoms. The molecule has 0 saturated heterocycles. The van der Waals surface area contributed by atoms with Gasteiger partial charge in [0.1, 0.15) is 0 Å². The molecule has 1 aromatic heterocycles. The van der Waals surface area contributed by atoms with Crippen molar-refractivity contribution in [3.63, 3.8) is 0 Å². The van der Waals surface area contributed by atoms with Gasteiger partial charge in [0, 0.05) is 19.6 Å². The van der Waals surface area contributed by atoms with Crippen LogP contribution in [0.25, 0.3) is 11.0 Å². The van der Waals surface area contributed by atoms with Crippen molar-refractivity contribution in [3.05, 3.63) is 34.2 Å². The van der Waals surface area contributed by atoms with Crippen molar-refractivity contribution in [1.82, 2.24) is 14.5 Å². The number of fused-ring (bicyclic) bond motifs is 1. The summed E-state index contributed by atoms with van der Waals surface area (Å²) in [5.41, 5.74) is 3.41. The maximum Gasteiger partial charge on any atom is 0.328 e. The van der Waals surface area contributed by atoms with E-state index in [-0.39, 0.29) is 11.2 Å². The van der Waals surface area contributed by atoms with Crippen molar-refractivity contribution in [2.75, 3.05) is 6.54 Å².